The molecule has 1 fully saturated rings. The Hall–Kier alpha value is -2.93. The summed E-state index contributed by atoms with van der Waals surface area (Å²) in [5, 5.41) is -0.264. The van der Waals surface area contributed by atoms with E-state index in [9.17, 15) is 9.59 Å². The monoisotopic (exact) mass is 399 g/mol. The minimum atomic E-state index is -0.292. The Kier molecular flexibility index (Phi) is 6.26. The van der Waals surface area contributed by atoms with E-state index in [1.54, 1.807) is 18.2 Å². The third kappa shape index (κ3) is 4.14. The Balaban J connectivity index is 1.81. The molecule has 0 N–H and O–H groups in total. The molecule has 6 nitrogen and oxygen atoms in total. The Morgan fingerprint density at radius 3 is 2.18 bits per heavy atom. The molecular weight excluding hydrogens is 378 g/mol. The number of carbonyl (C=O) groups is 2. The van der Waals surface area contributed by atoms with E-state index in [0.29, 0.717) is 40.7 Å². The minimum absolute atomic E-state index is 0.264. The van der Waals surface area contributed by atoms with E-state index in [1.807, 2.05) is 30.3 Å². The zero-order valence-corrected chi connectivity index (χ0v) is 16.7. The lowest BCUT2D eigenvalue weighted by molar-refractivity contribution is -0.122. The summed E-state index contributed by atoms with van der Waals surface area (Å²) in [7, 11) is 4.58. The van der Waals surface area contributed by atoms with Gasteiger partial charge in [-0.1, -0.05) is 30.3 Å². The van der Waals surface area contributed by atoms with E-state index in [1.165, 1.54) is 26.2 Å². The number of imide groups is 1. The van der Waals surface area contributed by atoms with Crippen LogP contribution in [0.2, 0.25) is 0 Å². The second-order valence-electron chi connectivity index (χ2n) is 6.03. The van der Waals surface area contributed by atoms with Crippen molar-refractivity contribution in [1.82, 2.24) is 4.90 Å². The van der Waals surface area contributed by atoms with Crippen LogP contribution >= 0.6 is 11.8 Å². The summed E-state index contributed by atoms with van der Waals surface area (Å²) < 4.78 is 16.0. The maximum Gasteiger partial charge on any atom is 0.293 e. The third-order valence-electron chi connectivity index (χ3n) is 4.33. The molecule has 0 unspecified atom stereocenters. The van der Waals surface area contributed by atoms with Crippen molar-refractivity contribution in [3.63, 3.8) is 0 Å². The van der Waals surface area contributed by atoms with Crippen LogP contribution in [-0.2, 0) is 11.2 Å². The first-order valence-electron chi connectivity index (χ1n) is 8.66. The summed E-state index contributed by atoms with van der Waals surface area (Å²) in [6, 6.07) is 13.2. The number of ether oxygens (including phenoxy) is 3. The van der Waals surface area contributed by atoms with Crippen LogP contribution in [0.5, 0.6) is 17.2 Å². The van der Waals surface area contributed by atoms with Crippen LogP contribution in [0.25, 0.3) is 6.08 Å². The lowest BCUT2D eigenvalue weighted by Gasteiger charge is -2.13. The molecule has 0 spiro atoms. The van der Waals surface area contributed by atoms with Crippen molar-refractivity contribution in [1.29, 1.82) is 0 Å². The summed E-state index contributed by atoms with van der Waals surface area (Å²) in [6.07, 6.45) is 2.29. The molecule has 7 heteroatoms. The van der Waals surface area contributed by atoms with Crippen molar-refractivity contribution in [2.75, 3.05) is 27.9 Å². The quantitative estimate of drug-likeness (QED) is 0.656. The fourth-order valence-corrected chi connectivity index (χ4v) is 3.78. The third-order valence-corrected chi connectivity index (χ3v) is 5.23. The van der Waals surface area contributed by atoms with E-state index in [4.69, 9.17) is 14.2 Å². The van der Waals surface area contributed by atoms with Gasteiger partial charge in [0.15, 0.2) is 11.5 Å². The van der Waals surface area contributed by atoms with Crippen LogP contribution in [-0.4, -0.2) is 43.9 Å². The molecule has 0 bridgehead atoms. The molecule has 0 aromatic heterocycles. The standard InChI is InChI=1S/C21H21NO5S/c1-25-16-11-15(12-17(26-2)19(16)27-3)13-18-20(23)22(21(24)28-18)10-9-14-7-5-4-6-8-14/h4-8,11-13H,9-10H2,1-3H3/b18-13-. The fraction of sp³-hybridized carbons (Fsp3) is 0.238. The molecule has 1 saturated heterocycles. The Morgan fingerprint density at radius 1 is 0.964 bits per heavy atom. The molecule has 3 rings (SSSR count). The predicted octanol–water partition coefficient (Wildman–Crippen LogP) is 3.99. The Labute approximate surface area is 168 Å². The first kappa shape index (κ1) is 19.8. The lowest BCUT2D eigenvalue weighted by Crippen LogP contribution is -2.30. The van der Waals surface area contributed by atoms with Crippen molar-refractivity contribution in [2.45, 2.75) is 6.42 Å². The van der Waals surface area contributed by atoms with E-state index in [-0.39, 0.29) is 11.1 Å². The van der Waals surface area contributed by atoms with Crippen LogP contribution in [0.3, 0.4) is 0 Å². The van der Waals surface area contributed by atoms with Gasteiger partial charge in [-0.15, -0.1) is 0 Å². The number of hydrogen-bond donors (Lipinski definition) is 0. The molecule has 1 aliphatic rings. The molecule has 2 amide bonds. The summed E-state index contributed by atoms with van der Waals surface area (Å²) >= 11 is 0.934. The topological polar surface area (TPSA) is 65.1 Å². The second kappa shape index (κ2) is 8.84. The van der Waals surface area contributed by atoms with Crippen LogP contribution in [0, 0.1) is 0 Å². The number of carbonyl (C=O) groups excluding carboxylic acids is 2. The van der Waals surface area contributed by atoms with Crippen LogP contribution in [0.15, 0.2) is 47.4 Å². The normalized spacial score (nSPS) is 15.2. The molecule has 0 saturated carbocycles. The van der Waals surface area contributed by atoms with Crippen molar-refractivity contribution < 1.29 is 23.8 Å². The van der Waals surface area contributed by atoms with Gasteiger partial charge in [0, 0.05) is 6.54 Å². The summed E-state index contributed by atoms with van der Waals surface area (Å²) in [6.45, 7) is 0.348. The van der Waals surface area contributed by atoms with Gasteiger partial charge in [0.1, 0.15) is 0 Å². The number of nitrogens with zero attached hydrogens (tertiary/aromatic N) is 1. The molecule has 28 heavy (non-hydrogen) atoms. The van der Waals surface area contributed by atoms with Gasteiger partial charge < -0.3 is 14.2 Å². The average Bonchev–Trinajstić information content (AvgIpc) is 2.98. The van der Waals surface area contributed by atoms with Crippen molar-refractivity contribution in [3.05, 3.63) is 58.5 Å². The molecular formula is C21H21NO5S. The van der Waals surface area contributed by atoms with E-state index in [2.05, 4.69) is 0 Å². The van der Waals surface area contributed by atoms with Crippen molar-refractivity contribution >= 4 is 29.0 Å². The van der Waals surface area contributed by atoms with Gasteiger partial charge >= 0.3 is 0 Å². The average molecular weight is 399 g/mol. The van der Waals surface area contributed by atoms with Gasteiger partial charge in [-0.05, 0) is 47.5 Å². The molecule has 0 aliphatic carbocycles. The summed E-state index contributed by atoms with van der Waals surface area (Å²) in [5.41, 5.74) is 1.76. The van der Waals surface area contributed by atoms with Crippen LogP contribution in [0.4, 0.5) is 4.79 Å². The van der Waals surface area contributed by atoms with Gasteiger partial charge in [-0.25, -0.2) is 0 Å². The zero-order valence-electron chi connectivity index (χ0n) is 15.9. The van der Waals surface area contributed by atoms with Crippen molar-refractivity contribution in [3.8, 4) is 17.2 Å². The summed E-state index contributed by atoms with van der Waals surface area (Å²) in [4.78, 5) is 26.7. The highest BCUT2D eigenvalue weighted by atomic mass is 32.2. The maximum absolute atomic E-state index is 12.7. The first-order valence-corrected chi connectivity index (χ1v) is 9.48. The number of amides is 2. The Bertz CT molecular complexity index is 885. The van der Waals surface area contributed by atoms with Crippen molar-refractivity contribution in [2.24, 2.45) is 0 Å². The maximum atomic E-state index is 12.7. The Morgan fingerprint density at radius 2 is 1.61 bits per heavy atom. The van der Waals surface area contributed by atoms with E-state index >= 15 is 0 Å². The van der Waals surface area contributed by atoms with Gasteiger partial charge in [0.25, 0.3) is 11.1 Å². The molecule has 1 heterocycles. The molecule has 146 valence electrons. The fourth-order valence-electron chi connectivity index (χ4n) is 2.91. The molecule has 2 aromatic rings. The summed E-state index contributed by atoms with van der Waals surface area (Å²) in [5.74, 6) is 1.14. The van der Waals surface area contributed by atoms with Crippen LogP contribution in [0.1, 0.15) is 11.1 Å². The first-order chi connectivity index (χ1) is 13.6. The molecule has 2 aromatic carbocycles. The predicted molar refractivity (Wildman–Crippen MR) is 109 cm³/mol. The SMILES string of the molecule is COc1cc(/C=C2\SC(=O)N(CCc3ccccc3)C2=O)cc(OC)c1OC. The van der Waals surface area contributed by atoms with E-state index in [0.717, 1.165) is 17.3 Å². The second-order valence-corrected chi connectivity index (χ2v) is 7.02. The highest BCUT2D eigenvalue weighted by Gasteiger charge is 2.34. The van der Waals surface area contributed by atoms with Gasteiger partial charge in [-0.3, -0.25) is 14.5 Å². The highest BCUT2D eigenvalue weighted by Crippen LogP contribution is 2.40. The van der Waals surface area contributed by atoms with Gasteiger partial charge in [-0.2, -0.15) is 0 Å². The van der Waals surface area contributed by atoms with Gasteiger partial charge in [0.2, 0.25) is 5.75 Å². The smallest absolute Gasteiger partial charge is 0.293 e. The molecule has 0 radical (unpaired) electrons. The zero-order chi connectivity index (χ0) is 20.1. The molecule has 1 aliphatic heterocycles. The van der Waals surface area contributed by atoms with Crippen LogP contribution < -0.4 is 14.2 Å². The number of benzene rings is 2. The number of thioether (sulfide) groups is 1. The highest BCUT2D eigenvalue weighted by molar-refractivity contribution is 8.18. The number of hydrogen-bond acceptors (Lipinski definition) is 6. The largest absolute Gasteiger partial charge is 0.493 e. The minimum Gasteiger partial charge on any atom is -0.493 e. The molecule has 0 atom stereocenters. The number of rotatable bonds is 7. The van der Waals surface area contributed by atoms with Gasteiger partial charge in [0.05, 0.1) is 26.2 Å². The lowest BCUT2D eigenvalue weighted by atomic mass is 10.1. The number of methoxy groups -OCH3 is 3. The van der Waals surface area contributed by atoms with E-state index < -0.39 is 0 Å².